The van der Waals surface area contributed by atoms with Gasteiger partial charge in [-0.05, 0) is 53.8 Å². The highest BCUT2D eigenvalue weighted by atomic mass is 79.9. The molecule has 0 aromatic heterocycles. The molecule has 2 nitrogen and oxygen atoms in total. The minimum Gasteiger partial charge on any atom is -0.326 e. The number of allylic oxidation sites excluding steroid dienone is 2. The highest BCUT2D eigenvalue weighted by molar-refractivity contribution is 9.10. The molecule has 0 fully saturated rings. The zero-order chi connectivity index (χ0) is 13.9. The molecule has 0 saturated carbocycles. The molecule has 0 heterocycles. The molecule has 1 atom stereocenters. The van der Waals surface area contributed by atoms with E-state index in [2.05, 4.69) is 45.5 Å². The predicted molar refractivity (Wildman–Crippen MR) is 86.8 cm³/mol. The van der Waals surface area contributed by atoms with Crippen LogP contribution in [-0.2, 0) is 4.79 Å². The number of carbonyl (C=O) groups excluding carboxylic acids is 1. The van der Waals surface area contributed by atoms with Gasteiger partial charge in [0.05, 0.1) is 0 Å². The smallest absolute Gasteiger partial charge is 0.224 e. The molecule has 0 saturated heterocycles. The van der Waals surface area contributed by atoms with Crippen LogP contribution in [0, 0.1) is 5.92 Å². The summed E-state index contributed by atoms with van der Waals surface area (Å²) in [6.07, 6.45) is 7.08. The van der Waals surface area contributed by atoms with E-state index in [9.17, 15) is 4.79 Å². The summed E-state index contributed by atoms with van der Waals surface area (Å²) in [6, 6.07) is 12.1. The Labute approximate surface area is 127 Å². The van der Waals surface area contributed by atoms with Crippen molar-refractivity contribution >= 4 is 38.3 Å². The number of benzene rings is 2. The van der Waals surface area contributed by atoms with Gasteiger partial charge in [-0.15, -0.1) is 0 Å². The lowest BCUT2D eigenvalue weighted by Crippen LogP contribution is -2.14. The van der Waals surface area contributed by atoms with E-state index in [1.807, 2.05) is 24.3 Å². The van der Waals surface area contributed by atoms with Crippen molar-refractivity contribution in [1.82, 2.24) is 0 Å². The van der Waals surface area contributed by atoms with Gasteiger partial charge < -0.3 is 5.32 Å². The molecule has 1 amide bonds. The molecular weight excluding hydrogens is 314 g/mol. The van der Waals surface area contributed by atoms with Gasteiger partial charge in [0, 0.05) is 16.6 Å². The number of hydrogen-bond acceptors (Lipinski definition) is 1. The minimum atomic E-state index is 0.0954. The van der Waals surface area contributed by atoms with Gasteiger partial charge >= 0.3 is 0 Å². The summed E-state index contributed by atoms with van der Waals surface area (Å²) < 4.78 is 1.06. The molecule has 0 spiro atoms. The van der Waals surface area contributed by atoms with E-state index in [-0.39, 0.29) is 5.91 Å². The van der Waals surface area contributed by atoms with Gasteiger partial charge in [-0.3, -0.25) is 4.79 Å². The standard InChI is InChI=1S/C17H16BrNO/c18-15-7-5-14-11-16(8-6-13(14)10-15)19-17(20)9-12-3-1-2-4-12/h1,3,5-8,10-12H,2,4,9H2,(H,19,20). The zero-order valence-corrected chi connectivity index (χ0v) is 12.7. The third-order valence-electron chi connectivity index (χ3n) is 3.65. The second kappa shape index (κ2) is 5.80. The van der Waals surface area contributed by atoms with Crippen molar-refractivity contribution in [2.75, 3.05) is 5.32 Å². The normalized spacial score (nSPS) is 17.6. The first-order valence-corrected chi connectivity index (χ1v) is 7.66. The Morgan fingerprint density at radius 2 is 2.00 bits per heavy atom. The number of amides is 1. The van der Waals surface area contributed by atoms with Crippen LogP contribution < -0.4 is 5.32 Å². The average molecular weight is 330 g/mol. The molecule has 0 aliphatic heterocycles. The van der Waals surface area contributed by atoms with Crippen LogP contribution in [0.5, 0.6) is 0 Å². The summed E-state index contributed by atoms with van der Waals surface area (Å²) in [5.74, 6) is 0.504. The monoisotopic (exact) mass is 329 g/mol. The lowest BCUT2D eigenvalue weighted by Gasteiger charge is -2.09. The molecule has 1 unspecified atom stereocenters. The van der Waals surface area contributed by atoms with Crippen molar-refractivity contribution in [3.63, 3.8) is 0 Å². The molecular formula is C17H16BrNO. The van der Waals surface area contributed by atoms with Crippen molar-refractivity contribution in [2.24, 2.45) is 5.92 Å². The van der Waals surface area contributed by atoms with Crippen LogP contribution in [0.3, 0.4) is 0 Å². The molecule has 1 aliphatic rings. The highest BCUT2D eigenvalue weighted by Gasteiger charge is 2.14. The van der Waals surface area contributed by atoms with Gasteiger partial charge in [0.1, 0.15) is 0 Å². The maximum Gasteiger partial charge on any atom is 0.224 e. The van der Waals surface area contributed by atoms with Crippen molar-refractivity contribution in [3.05, 3.63) is 53.0 Å². The van der Waals surface area contributed by atoms with E-state index in [0.29, 0.717) is 12.3 Å². The molecule has 3 rings (SSSR count). The third-order valence-corrected chi connectivity index (χ3v) is 4.14. The SMILES string of the molecule is O=C(CC1C=CCC1)Nc1ccc2cc(Br)ccc2c1. The molecule has 1 aliphatic carbocycles. The second-order valence-electron chi connectivity index (χ2n) is 5.22. The van der Waals surface area contributed by atoms with E-state index in [4.69, 9.17) is 0 Å². The summed E-state index contributed by atoms with van der Waals surface area (Å²) in [5.41, 5.74) is 0.867. The maximum absolute atomic E-state index is 12.0. The Morgan fingerprint density at radius 1 is 1.20 bits per heavy atom. The molecule has 102 valence electrons. The fourth-order valence-corrected chi connectivity index (χ4v) is 2.99. The van der Waals surface area contributed by atoms with E-state index in [0.717, 1.165) is 33.8 Å². The topological polar surface area (TPSA) is 29.1 Å². The summed E-state index contributed by atoms with van der Waals surface area (Å²) in [5, 5.41) is 5.29. The molecule has 20 heavy (non-hydrogen) atoms. The molecule has 0 radical (unpaired) electrons. The fourth-order valence-electron chi connectivity index (χ4n) is 2.61. The number of carbonyl (C=O) groups is 1. The summed E-state index contributed by atoms with van der Waals surface area (Å²) in [7, 11) is 0. The second-order valence-corrected chi connectivity index (χ2v) is 6.14. The number of fused-ring (bicyclic) bond motifs is 1. The van der Waals surface area contributed by atoms with Crippen LogP contribution >= 0.6 is 15.9 Å². The lowest BCUT2D eigenvalue weighted by molar-refractivity contribution is -0.116. The third kappa shape index (κ3) is 3.10. The largest absolute Gasteiger partial charge is 0.326 e. The predicted octanol–water partition coefficient (Wildman–Crippen LogP) is 4.90. The van der Waals surface area contributed by atoms with Crippen LogP contribution in [0.25, 0.3) is 10.8 Å². The van der Waals surface area contributed by atoms with Gasteiger partial charge in [0.2, 0.25) is 5.91 Å². The highest BCUT2D eigenvalue weighted by Crippen LogP contribution is 2.24. The van der Waals surface area contributed by atoms with Crippen molar-refractivity contribution in [2.45, 2.75) is 19.3 Å². The van der Waals surface area contributed by atoms with Crippen molar-refractivity contribution < 1.29 is 4.79 Å². The van der Waals surface area contributed by atoms with Crippen molar-refractivity contribution in [1.29, 1.82) is 0 Å². The van der Waals surface area contributed by atoms with Crippen LogP contribution in [0.4, 0.5) is 5.69 Å². The molecule has 0 bridgehead atoms. The van der Waals surface area contributed by atoms with Crippen molar-refractivity contribution in [3.8, 4) is 0 Å². The van der Waals surface area contributed by atoms with E-state index >= 15 is 0 Å². The van der Waals surface area contributed by atoms with Gasteiger partial charge in [0.25, 0.3) is 0 Å². The minimum absolute atomic E-state index is 0.0954. The van der Waals surface area contributed by atoms with Gasteiger partial charge in [-0.25, -0.2) is 0 Å². The first-order chi connectivity index (χ1) is 9.70. The number of rotatable bonds is 3. The van der Waals surface area contributed by atoms with E-state index in [1.165, 1.54) is 0 Å². The summed E-state index contributed by atoms with van der Waals surface area (Å²) >= 11 is 3.46. The number of nitrogens with one attached hydrogen (secondary N) is 1. The molecule has 3 heteroatoms. The number of anilines is 1. The Morgan fingerprint density at radius 3 is 2.80 bits per heavy atom. The molecule has 1 N–H and O–H groups in total. The maximum atomic E-state index is 12.0. The molecule has 2 aromatic carbocycles. The van der Waals surface area contributed by atoms with Crippen LogP contribution in [0.1, 0.15) is 19.3 Å². The Bertz CT molecular complexity index is 678. The first kappa shape index (κ1) is 13.4. The summed E-state index contributed by atoms with van der Waals surface area (Å²) in [4.78, 5) is 12.0. The van der Waals surface area contributed by atoms with Crippen LogP contribution in [0.2, 0.25) is 0 Å². The quantitative estimate of drug-likeness (QED) is 0.797. The summed E-state index contributed by atoms with van der Waals surface area (Å²) in [6.45, 7) is 0. The van der Waals surface area contributed by atoms with E-state index < -0.39 is 0 Å². The lowest BCUT2D eigenvalue weighted by atomic mass is 10.0. The van der Waals surface area contributed by atoms with Gasteiger partial charge in [0.15, 0.2) is 0 Å². The Kier molecular flexibility index (Phi) is 3.88. The first-order valence-electron chi connectivity index (χ1n) is 6.86. The van der Waals surface area contributed by atoms with Crippen LogP contribution in [-0.4, -0.2) is 5.91 Å². The fraction of sp³-hybridized carbons (Fsp3) is 0.235. The zero-order valence-electron chi connectivity index (χ0n) is 11.1. The Hall–Kier alpha value is -1.61. The van der Waals surface area contributed by atoms with Gasteiger partial charge in [-0.1, -0.05) is 40.2 Å². The van der Waals surface area contributed by atoms with Gasteiger partial charge in [-0.2, -0.15) is 0 Å². The average Bonchev–Trinajstić information content (AvgIpc) is 2.91. The number of halogens is 1. The Balaban J connectivity index is 1.72. The van der Waals surface area contributed by atoms with Crippen LogP contribution in [0.15, 0.2) is 53.0 Å². The van der Waals surface area contributed by atoms with E-state index in [1.54, 1.807) is 0 Å². The number of hydrogen-bond donors (Lipinski definition) is 1. The molecule has 2 aromatic rings.